The molecule has 3 aliphatic rings. The molecule has 8 nitrogen and oxygen atoms in total. The lowest BCUT2D eigenvalue weighted by atomic mass is 9.76. The fourth-order valence-corrected chi connectivity index (χ4v) is 8.17. The molecule has 35 heavy (non-hydrogen) atoms. The first-order valence-electron chi connectivity index (χ1n) is 12.0. The number of fused-ring (bicyclic) bond motifs is 2. The normalized spacial score (nSPS) is 28.7. The van der Waals surface area contributed by atoms with Crippen LogP contribution in [0, 0.1) is 12.0 Å². The molecule has 1 aromatic carbocycles. The van der Waals surface area contributed by atoms with Gasteiger partial charge in [0.1, 0.15) is 0 Å². The fraction of sp³-hybridized carbons (Fsp3) is 0.500. The van der Waals surface area contributed by atoms with Crippen LogP contribution >= 0.6 is 0 Å². The first kappa shape index (κ1) is 23.8. The highest BCUT2D eigenvalue weighted by molar-refractivity contribution is 7.93. The number of nitrogens with zero attached hydrogens (tertiary/aromatic N) is 2. The molecule has 0 saturated carbocycles. The molecular formula is C26H30N4O4S. The Morgan fingerprint density at radius 1 is 1.26 bits per heavy atom. The summed E-state index contributed by atoms with van der Waals surface area (Å²) in [6.45, 7) is 11.5. The lowest BCUT2D eigenvalue weighted by molar-refractivity contribution is 0.0173. The smallest absolute Gasteiger partial charge is 0.314 e. The van der Waals surface area contributed by atoms with Gasteiger partial charge in [0, 0.05) is 11.3 Å². The average Bonchev–Trinajstić information content (AvgIpc) is 3.33. The molecule has 9 heteroatoms. The monoisotopic (exact) mass is 494 g/mol. The molecule has 0 radical (unpaired) electrons. The zero-order chi connectivity index (χ0) is 25.0. The third-order valence-electron chi connectivity index (χ3n) is 7.89. The van der Waals surface area contributed by atoms with E-state index in [1.54, 1.807) is 12.1 Å². The van der Waals surface area contributed by atoms with Gasteiger partial charge in [-0.15, -0.1) is 0 Å². The number of hydrogen-bond acceptors (Lipinski definition) is 5. The van der Waals surface area contributed by atoms with Gasteiger partial charge in [0.2, 0.25) is 5.82 Å². The molecule has 2 saturated heterocycles. The summed E-state index contributed by atoms with van der Waals surface area (Å²) < 4.78 is 25.2. The molecule has 2 bridgehead atoms. The van der Waals surface area contributed by atoms with Gasteiger partial charge < -0.3 is 15.3 Å². The molecule has 2 unspecified atom stereocenters. The average molecular weight is 495 g/mol. The van der Waals surface area contributed by atoms with E-state index in [1.807, 2.05) is 6.07 Å². The van der Waals surface area contributed by atoms with E-state index in [0.29, 0.717) is 24.1 Å². The summed E-state index contributed by atoms with van der Waals surface area (Å²) in [5, 5.41) is 13.5. The predicted octanol–water partition coefficient (Wildman–Crippen LogP) is 4.73. The van der Waals surface area contributed by atoms with Gasteiger partial charge >= 0.3 is 5.91 Å². The molecule has 5 rings (SSSR count). The fourth-order valence-electron chi connectivity index (χ4n) is 5.68. The third kappa shape index (κ3) is 4.30. The Morgan fingerprint density at radius 2 is 1.97 bits per heavy atom. The molecule has 2 aliphatic heterocycles. The maximum Gasteiger partial charge on any atom is 0.314 e. The molecule has 0 spiro atoms. The highest BCUT2D eigenvalue weighted by Crippen LogP contribution is 2.49. The number of allylic oxidation sites excluding steroid dienone is 2. The van der Waals surface area contributed by atoms with E-state index in [2.05, 4.69) is 40.1 Å². The first-order valence-corrected chi connectivity index (χ1v) is 13.6. The van der Waals surface area contributed by atoms with Gasteiger partial charge in [0.25, 0.3) is 5.82 Å². The molecule has 1 amide bonds. The summed E-state index contributed by atoms with van der Waals surface area (Å²) in [4.78, 5) is 22.8. The van der Waals surface area contributed by atoms with E-state index >= 15 is 0 Å². The Bertz CT molecular complexity index is 1350. The molecular weight excluding hydrogens is 464 g/mol. The van der Waals surface area contributed by atoms with Gasteiger partial charge in [0.05, 0.1) is 22.3 Å². The van der Waals surface area contributed by atoms with Crippen LogP contribution in [-0.4, -0.2) is 39.9 Å². The quantitative estimate of drug-likeness (QED) is 0.531. The second-order valence-electron chi connectivity index (χ2n) is 10.9. The maximum absolute atomic E-state index is 12.9. The number of carbonyl (C=O) groups is 1. The number of aliphatic hydroxyl groups is 1. The van der Waals surface area contributed by atoms with Crippen molar-refractivity contribution in [3.8, 4) is 0 Å². The first-order chi connectivity index (χ1) is 16.5. The number of hydrogen-bond donors (Lipinski definition) is 3. The van der Waals surface area contributed by atoms with Gasteiger partial charge in [-0.05, 0) is 73.6 Å². The summed E-state index contributed by atoms with van der Waals surface area (Å²) in [5.74, 6) is -0.212. The summed E-state index contributed by atoms with van der Waals surface area (Å²) >= 11 is 0. The van der Waals surface area contributed by atoms with Crippen molar-refractivity contribution in [1.29, 1.82) is 0 Å². The molecule has 2 atom stereocenters. The number of sulfone groups is 1. The molecule has 1 aliphatic carbocycles. The minimum Gasteiger partial charge on any atom is -0.385 e. The van der Waals surface area contributed by atoms with Crippen molar-refractivity contribution < 1.29 is 18.3 Å². The van der Waals surface area contributed by atoms with Crippen LogP contribution in [0.3, 0.4) is 0 Å². The van der Waals surface area contributed by atoms with E-state index in [-0.39, 0.29) is 29.9 Å². The second-order valence-corrected chi connectivity index (χ2v) is 13.4. The maximum atomic E-state index is 12.9. The van der Waals surface area contributed by atoms with Crippen molar-refractivity contribution >= 4 is 32.8 Å². The van der Waals surface area contributed by atoms with E-state index in [9.17, 15) is 18.3 Å². The molecule has 184 valence electrons. The van der Waals surface area contributed by atoms with Crippen LogP contribution in [0.25, 0.3) is 10.4 Å². The minimum atomic E-state index is -3.17. The van der Waals surface area contributed by atoms with E-state index in [0.717, 1.165) is 30.4 Å². The van der Waals surface area contributed by atoms with Gasteiger partial charge in [-0.3, -0.25) is 9.78 Å². The third-order valence-corrected chi connectivity index (χ3v) is 10.6. The number of imidazole rings is 1. The van der Waals surface area contributed by atoms with Crippen molar-refractivity contribution in [3.05, 3.63) is 58.8 Å². The van der Waals surface area contributed by atoms with Gasteiger partial charge in [-0.2, -0.15) is 0 Å². The van der Waals surface area contributed by atoms with Crippen LogP contribution in [0.4, 0.5) is 11.5 Å². The van der Waals surface area contributed by atoms with Crippen molar-refractivity contribution in [3.63, 3.8) is 0 Å². The number of rotatable bonds is 4. The number of carbonyl (C=O) groups excluding carboxylic acids is 1. The number of aromatic amines is 1. The molecule has 3 N–H and O–H groups in total. The van der Waals surface area contributed by atoms with Crippen LogP contribution in [0.5, 0.6) is 0 Å². The van der Waals surface area contributed by atoms with Crippen molar-refractivity contribution in [1.82, 2.24) is 9.97 Å². The summed E-state index contributed by atoms with van der Waals surface area (Å²) in [7, 11) is -3.17. The minimum absolute atomic E-state index is 0.0532. The zero-order valence-corrected chi connectivity index (χ0v) is 20.8. The number of benzene rings is 1. The molecule has 1 aromatic heterocycles. The molecule has 3 heterocycles. The van der Waals surface area contributed by atoms with Crippen LogP contribution < -0.4 is 5.32 Å². The van der Waals surface area contributed by atoms with Crippen LogP contribution in [0.2, 0.25) is 0 Å². The van der Waals surface area contributed by atoms with Gasteiger partial charge in [-0.1, -0.05) is 32.6 Å². The van der Waals surface area contributed by atoms with E-state index < -0.39 is 31.8 Å². The zero-order valence-electron chi connectivity index (χ0n) is 20.0. The predicted molar refractivity (Wildman–Crippen MR) is 134 cm³/mol. The lowest BCUT2D eigenvalue weighted by Gasteiger charge is -2.37. The molecule has 2 fully saturated rings. The van der Waals surface area contributed by atoms with Crippen LogP contribution in [0.1, 0.15) is 80.5 Å². The van der Waals surface area contributed by atoms with Crippen LogP contribution in [-0.2, 0) is 15.4 Å². The van der Waals surface area contributed by atoms with Crippen molar-refractivity contribution in [2.45, 2.75) is 74.9 Å². The number of anilines is 1. The summed E-state index contributed by atoms with van der Waals surface area (Å²) in [5.41, 5.74) is 2.20. The Kier molecular flexibility index (Phi) is 5.65. The van der Waals surface area contributed by atoms with E-state index in [4.69, 9.17) is 6.57 Å². The topological polar surface area (TPSA) is 117 Å². The van der Waals surface area contributed by atoms with Gasteiger partial charge in [-0.25, -0.2) is 13.4 Å². The Hall–Kier alpha value is -2.96. The largest absolute Gasteiger partial charge is 0.385 e. The van der Waals surface area contributed by atoms with E-state index in [1.165, 1.54) is 6.20 Å². The SMILES string of the molecule is [C-]#[N+]c1cnc(C(=O)Nc2ccc(C3(O)CC4CCC(C3)S4(=O)=O)cc2C2=CCC(C)(C)CC2)[nH]1. The Labute approximate surface area is 205 Å². The van der Waals surface area contributed by atoms with Crippen molar-refractivity contribution in [2.75, 3.05) is 5.32 Å². The van der Waals surface area contributed by atoms with Crippen molar-refractivity contribution in [2.24, 2.45) is 5.41 Å². The van der Waals surface area contributed by atoms with Gasteiger partial charge in [0.15, 0.2) is 9.84 Å². The molecule has 2 aromatic rings. The Morgan fingerprint density at radius 3 is 2.57 bits per heavy atom. The Balaban J connectivity index is 1.51. The highest BCUT2D eigenvalue weighted by atomic mass is 32.2. The van der Waals surface area contributed by atoms with Crippen LogP contribution in [0.15, 0.2) is 30.5 Å². The highest BCUT2D eigenvalue weighted by Gasteiger charge is 2.53. The summed E-state index contributed by atoms with van der Waals surface area (Å²) in [6.07, 6.45) is 7.86. The number of aromatic nitrogens is 2. The lowest BCUT2D eigenvalue weighted by Crippen LogP contribution is -2.43. The second kappa shape index (κ2) is 8.32. The number of nitrogens with one attached hydrogen (secondary N) is 2. The standard InChI is InChI=1S/C26H30N4O4S/c1-25(2)10-8-16(9-11-25)20-12-17(26(32)13-18-5-6-19(14-26)35(18,33)34)4-7-21(20)29-24(31)23-28-15-22(27-3)30-23/h4,7-8,12,15,18-19,32H,5-6,9-11,13-14H2,1-2H3,(H,28,30)(H,29,31). The summed E-state index contributed by atoms with van der Waals surface area (Å²) in [6, 6.07) is 5.49. The number of H-pyrrole nitrogens is 1. The number of amides is 1.